The third-order valence-corrected chi connectivity index (χ3v) is 5.26. The summed E-state index contributed by atoms with van der Waals surface area (Å²) in [6.07, 6.45) is 6.62. The lowest BCUT2D eigenvalue weighted by Crippen LogP contribution is -2.44. The first kappa shape index (κ1) is 14.1. The summed E-state index contributed by atoms with van der Waals surface area (Å²) in [5.41, 5.74) is 9.31. The molecule has 2 N–H and O–H groups in total. The molecule has 2 heteroatoms. The second kappa shape index (κ2) is 6.28. The third-order valence-electron chi connectivity index (χ3n) is 5.26. The zero-order valence-electron chi connectivity index (χ0n) is 12.7. The summed E-state index contributed by atoms with van der Waals surface area (Å²) in [4.78, 5) is 2.67. The van der Waals surface area contributed by atoms with Crippen LogP contribution in [0, 0.1) is 5.92 Å². The number of hydrogen-bond donors (Lipinski definition) is 1. The standard InChI is InChI=1S/C18H28N2/c1-14(19)16-9-5-11-20(12-16)13-17-8-4-7-15-6-2-3-10-18(15)17/h2-3,6,10,14,16-17H,4-5,7-9,11-13,19H2,1H3. The lowest BCUT2D eigenvalue weighted by molar-refractivity contribution is 0.149. The number of nitrogens with zero attached hydrogens (tertiary/aromatic N) is 1. The molecule has 1 fully saturated rings. The third kappa shape index (κ3) is 3.07. The first-order valence-corrected chi connectivity index (χ1v) is 8.30. The number of benzene rings is 1. The highest BCUT2D eigenvalue weighted by molar-refractivity contribution is 5.32. The summed E-state index contributed by atoms with van der Waals surface area (Å²) >= 11 is 0. The van der Waals surface area contributed by atoms with E-state index in [0.717, 1.165) is 5.92 Å². The molecule has 3 unspecified atom stereocenters. The minimum absolute atomic E-state index is 0.344. The zero-order valence-corrected chi connectivity index (χ0v) is 12.7. The van der Waals surface area contributed by atoms with Crippen LogP contribution in [-0.4, -0.2) is 30.6 Å². The van der Waals surface area contributed by atoms with E-state index in [2.05, 4.69) is 36.1 Å². The maximum atomic E-state index is 6.11. The number of likely N-dealkylation sites (tertiary alicyclic amines) is 1. The summed E-state index contributed by atoms with van der Waals surface area (Å²) in [7, 11) is 0. The molecule has 1 aliphatic carbocycles. The van der Waals surface area contributed by atoms with Crippen molar-refractivity contribution in [3.05, 3.63) is 35.4 Å². The van der Waals surface area contributed by atoms with Crippen LogP contribution in [0.25, 0.3) is 0 Å². The topological polar surface area (TPSA) is 29.3 Å². The molecule has 2 nitrogen and oxygen atoms in total. The molecule has 0 saturated carbocycles. The number of nitrogens with two attached hydrogens (primary N) is 1. The van der Waals surface area contributed by atoms with E-state index < -0.39 is 0 Å². The van der Waals surface area contributed by atoms with Gasteiger partial charge in [-0.1, -0.05) is 24.3 Å². The fourth-order valence-corrected chi connectivity index (χ4v) is 4.04. The molecule has 3 rings (SSSR count). The molecule has 1 aromatic rings. The SMILES string of the molecule is CC(N)C1CCCN(CC2CCCc3ccccc32)C1. The van der Waals surface area contributed by atoms with Crippen molar-refractivity contribution in [2.45, 2.75) is 51.0 Å². The Balaban J connectivity index is 1.66. The molecule has 0 aromatic heterocycles. The second-order valence-electron chi connectivity index (χ2n) is 6.81. The molecule has 1 aliphatic heterocycles. The van der Waals surface area contributed by atoms with Crippen LogP contribution in [0.1, 0.15) is 49.7 Å². The van der Waals surface area contributed by atoms with Gasteiger partial charge in [-0.2, -0.15) is 0 Å². The lowest BCUT2D eigenvalue weighted by atomic mass is 9.82. The van der Waals surface area contributed by atoms with Crippen LogP contribution in [0.5, 0.6) is 0 Å². The first-order chi connectivity index (χ1) is 9.74. The summed E-state index contributed by atoms with van der Waals surface area (Å²) in [6.45, 7) is 5.88. The Hall–Kier alpha value is -0.860. The Morgan fingerprint density at radius 3 is 2.95 bits per heavy atom. The van der Waals surface area contributed by atoms with Crippen LogP contribution in [-0.2, 0) is 6.42 Å². The van der Waals surface area contributed by atoms with Crippen LogP contribution in [0.3, 0.4) is 0 Å². The van der Waals surface area contributed by atoms with Crippen LogP contribution < -0.4 is 5.73 Å². The molecule has 0 radical (unpaired) electrons. The number of rotatable bonds is 3. The highest BCUT2D eigenvalue weighted by Crippen LogP contribution is 2.33. The van der Waals surface area contributed by atoms with Gasteiger partial charge < -0.3 is 10.6 Å². The van der Waals surface area contributed by atoms with Crippen molar-refractivity contribution in [1.29, 1.82) is 0 Å². The van der Waals surface area contributed by atoms with E-state index in [1.54, 1.807) is 11.1 Å². The quantitative estimate of drug-likeness (QED) is 0.916. The van der Waals surface area contributed by atoms with E-state index in [1.807, 2.05) is 0 Å². The Bertz CT molecular complexity index is 441. The largest absolute Gasteiger partial charge is 0.328 e. The maximum absolute atomic E-state index is 6.11. The predicted octanol–water partition coefficient (Wildman–Crippen LogP) is 3.17. The maximum Gasteiger partial charge on any atom is 0.00509 e. The minimum Gasteiger partial charge on any atom is -0.328 e. The van der Waals surface area contributed by atoms with E-state index in [9.17, 15) is 0 Å². The van der Waals surface area contributed by atoms with Crippen LogP contribution >= 0.6 is 0 Å². The average Bonchev–Trinajstić information content (AvgIpc) is 2.48. The molecule has 0 spiro atoms. The first-order valence-electron chi connectivity index (χ1n) is 8.30. The Labute approximate surface area is 123 Å². The molecule has 0 bridgehead atoms. The van der Waals surface area contributed by atoms with Crippen molar-refractivity contribution in [1.82, 2.24) is 4.90 Å². The van der Waals surface area contributed by atoms with Crippen molar-refractivity contribution in [3.63, 3.8) is 0 Å². The fraction of sp³-hybridized carbons (Fsp3) is 0.667. The van der Waals surface area contributed by atoms with Crippen LogP contribution in [0.2, 0.25) is 0 Å². The molecule has 1 saturated heterocycles. The van der Waals surface area contributed by atoms with Gasteiger partial charge in [-0.05, 0) is 68.5 Å². The van der Waals surface area contributed by atoms with Crippen molar-refractivity contribution >= 4 is 0 Å². The summed E-state index contributed by atoms with van der Waals surface area (Å²) in [6, 6.07) is 9.41. The normalized spacial score (nSPS) is 28.9. The highest BCUT2D eigenvalue weighted by atomic mass is 15.1. The smallest absolute Gasteiger partial charge is 0.00509 e. The van der Waals surface area contributed by atoms with Gasteiger partial charge >= 0.3 is 0 Å². The lowest BCUT2D eigenvalue weighted by Gasteiger charge is -2.38. The molecular weight excluding hydrogens is 244 g/mol. The fourth-order valence-electron chi connectivity index (χ4n) is 4.04. The van der Waals surface area contributed by atoms with Crippen LogP contribution in [0.15, 0.2) is 24.3 Å². The Morgan fingerprint density at radius 1 is 1.25 bits per heavy atom. The van der Waals surface area contributed by atoms with Crippen molar-refractivity contribution in [2.75, 3.05) is 19.6 Å². The Kier molecular flexibility index (Phi) is 4.42. The van der Waals surface area contributed by atoms with Gasteiger partial charge in [0, 0.05) is 19.1 Å². The number of hydrogen-bond acceptors (Lipinski definition) is 2. The van der Waals surface area contributed by atoms with E-state index in [1.165, 1.54) is 51.7 Å². The summed E-state index contributed by atoms with van der Waals surface area (Å²) in [5, 5.41) is 0. The van der Waals surface area contributed by atoms with Crippen molar-refractivity contribution < 1.29 is 0 Å². The highest BCUT2D eigenvalue weighted by Gasteiger charge is 2.27. The second-order valence-corrected chi connectivity index (χ2v) is 6.81. The van der Waals surface area contributed by atoms with E-state index >= 15 is 0 Å². The van der Waals surface area contributed by atoms with Gasteiger partial charge in [-0.25, -0.2) is 0 Å². The van der Waals surface area contributed by atoms with Gasteiger partial charge in [0.15, 0.2) is 0 Å². The molecule has 0 amide bonds. The molecule has 3 atom stereocenters. The summed E-state index contributed by atoms with van der Waals surface area (Å²) in [5.74, 6) is 1.44. The number of fused-ring (bicyclic) bond motifs is 1. The van der Waals surface area contributed by atoms with Gasteiger partial charge in [0.2, 0.25) is 0 Å². The summed E-state index contributed by atoms with van der Waals surface area (Å²) < 4.78 is 0. The molecule has 20 heavy (non-hydrogen) atoms. The van der Waals surface area contributed by atoms with E-state index in [0.29, 0.717) is 12.0 Å². The van der Waals surface area contributed by atoms with Gasteiger partial charge in [-0.15, -0.1) is 0 Å². The number of aryl methyl sites for hydroxylation is 1. The van der Waals surface area contributed by atoms with Gasteiger partial charge in [0.05, 0.1) is 0 Å². The molecule has 1 aromatic carbocycles. The molecule has 1 heterocycles. The molecular formula is C18H28N2. The van der Waals surface area contributed by atoms with Crippen molar-refractivity contribution in [3.8, 4) is 0 Å². The average molecular weight is 272 g/mol. The van der Waals surface area contributed by atoms with Gasteiger partial charge in [-0.3, -0.25) is 0 Å². The van der Waals surface area contributed by atoms with E-state index in [-0.39, 0.29) is 0 Å². The Morgan fingerprint density at radius 2 is 2.10 bits per heavy atom. The zero-order chi connectivity index (χ0) is 13.9. The minimum atomic E-state index is 0.344. The predicted molar refractivity (Wildman–Crippen MR) is 84.9 cm³/mol. The molecule has 2 aliphatic rings. The van der Waals surface area contributed by atoms with Crippen LogP contribution in [0.4, 0.5) is 0 Å². The monoisotopic (exact) mass is 272 g/mol. The number of piperidine rings is 1. The molecule has 110 valence electrons. The van der Waals surface area contributed by atoms with Crippen molar-refractivity contribution in [2.24, 2.45) is 11.7 Å². The van der Waals surface area contributed by atoms with E-state index in [4.69, 9.17) is 5.73 Å². The van der Waals surface area contributed by atoms with Gasteiger partial charge in [0.25, 0.3) is 0 Å². The van der Waals surface area contributed by atoms with Gasteiger partial charge in [0.1, 0.15) is 0 Å².